The molecule has 2 aliphatic heterocycles. The van der Waals surface area contributed by atoms with Crippen molar-refractivity contribution < 1.29 is 23.7 Å². The van der Waals surface area contributed by atoms with Crippen LogP contribution in [0.3, 0.4) is 0 Å². The Balaban J connectivity index is 1.77. The van der Waals surface area contributed by atoms with E-state index in [0.29, 0.717) is 60.4 Å². The lowest BCUT2D eigenvalue weighted by Gasteiger charge is -2.25. The Kier molecular flexibility index (Phi) is 7.08. The molecule has 0 amide bonds. The van der Waals surface area contributed by atoms with Crippen LogP contribution in [0.4, 0.5) is 0 Å². The largest absolute Gasteiger partial charge is 0.496 e. The van der Waals surface area contributed by atoms with Crippen LogP contribution in [-0.4, -0.2) is 31.0 Å². The zero-order valence-electron chi connectivity index (χ0n) is 20.6. The van der Waals surface area contributed by atoms with Crippen molar-refractivity contribution in [2.75, 3.05) is 20.5 Å². The van der Waals surface area contributed by atoms with Crippen LogP contribution in [0.2, 0.25) is 5.02 Å². The minimum Gasteiger partial charge on any atom is -0.496 e. The maximum Gasteiger partial charge on any atom is 0.338 e. The van der Waals surface area contributed by atoms with Crippen LogP contribution in [0.15, 0.2) is 57.5 Å². The second-order valence-electron chi connectivity index (χ2n) is 8.41. The Bertz CT molecular complexity index is 1590. The van der Waals surface area contributed by atoms with Gasteiger partial charge in [0.25, 0.3) is 5.56 Å². The quantitative estimate of drug-likeness (QED) is 0.421. The van der Waals surface area contributed by atoms with E-state index in [9.17, 15) is 9.59 Å². The predicted molar refractivity (Wildman–Crippen MR) is 140 cm³/mol. The average molecular weight is 541 g/mol. The van der Waals surface area contributed by atoms with Crippen molar-refractivity contribution in [3.63, 3.8) is 0 Å². The number of thiazole rings is 1. The van der Waals surface area contributed by atoms with Crippen LogP contribution in [0.1, 0.15) is 43.9 Å². The Morgan fingerprint density at radius 1 is 1.22 bits per heavy atom. The SMILES string of the molecule is CCCC1=C(C(=O)OCC)[C@@H](c2ccc3c(c2)OCO3)n2c(s/c(=C\c3cc(Cl)ccc3OC)c2=O)=N1. The van der Waals surface area contributed by atoms with Gasteiger partial charge < -0.3 is 18.9 Å². The number of hydrogen-bond acceptors (Lipinski definition) is 8. The number of benzene rings is 2. The third-order valence-corrected chi connectivity index (χ3v) is 7.30. The van der Waals surface area contributed by atoms with Crippen molar-refractivity contribution >= 4 is 35.0 Å². The van der Waals surface area contributed by atoms with E-state index >= 15 is 0 Å². The summed E-state index contributed by atoms with van der Waals surface area (Å²) in [5.74, 6) is 1.25. The van der Waals surface area contributed by atoms with Crippen molar-refractivity contribution in [3.05, 3.63) is 83.5 Å². The summed E-state index contributed by atoms with van der Waals surface area (Å²) in [7, 11) is 1.56. The average Bonchev–Trinajstić information content (AvgIpc) is 3.47. The first-order valence-electron chi connectivity index (χ1n) is 11.9. The number of fused-ring (bicyclic) bond motifs is 2. The molecule has 0 bridgehead atoms. The molecule has 37 heavy (non-hydrogen) atoms. The van der Waals surface area contributed by atoms with Crippen molar-refractivity contribution in [3.8, 4) is 17.2 Å². The summed E-state index contributed by atoms with van der Waals surface area (Å²) in [5.41, 5.74) is 2.03. The third-order valence-electron chi connectivity index (χ3n) is 6.08. The molecule has 192 valence electrons. The number of aromatic nitrogens is 1. The van der Waals surface area contributed by atoms with Gasteiger partial charge in [0.05, 0.1) is 35.6 Å². The molecule has 0 radical (unpaired) electrons. The van der Waals surface area contributed by atoms with E-state index < -0.39 is 12.0 Å². The van der Waals surface area contributed by atoms with E-state index in [1.165, 1.54) is 11.3 Å². The Morgan fingerprint density at radius 2 is 2.03 bits per heavy atom. The number of carbonyl (C=O) groups excluding carboxylic acids is 1. The fourth-order valence-corrected chi connectivity index (χ4v) is 5.67. The molecule has 2 aliphatic rings. The predicted octanol–water partition coefficient (Wildman–Crippen LogP) is 3.97. The summed E-state index contributed by atoms with van der Waals surface area (Å²) < 4.78 is 23.9. The highest BCUT2D eigenvalue weighted by atomic mass is 35.5. The molecule has 10 heteroatoms. The molecule has 0 saturated heterocycles. The summed E-state index contributed by atoms with van der Waals surface area (Å²) in [6.45, 7) is 4.09. The van der Waals surface area contributed by atoms with Crippen LogP contribution >= 0.6 is 22.9 Å². The molecule has 1 aromatic heterocycles. The van der Waals surface area contributed by atoms with E-state index in [4.69, 9.17) is 35.5 Å². The summed E-state index contributed by atoms with van der Waals surface area (Å²) in [6.07, 6.45) is 3.06. The first-order chi connectivity index (χ1) is 17.9. The normalized spacial score (nSPS) is 16.4. The van der Waals surface area contributed by atoms with Gasteiger partial charge in [0.15, 0.2) is 16.3 Å². The lowest BCUT2D eigenvalue weighted by Crippen LogP contribution is -2.40. The van der Waals surface area contributed by atoms with Crippen LogP contribution in [-0.2, 0) is 9.53 Å². The van der Waals surface area contributed by atoms with E-state index in [1.54, 1.807) is 55.0 Å². The Morgan fingerprint density at radius 3 is 2.78 bits per heavy atom. The fraction of sp³-hybridized carbons (Fsp3) is 0.296. The lowest BCUT2D eigenvalue weighted by molar-refractivity contribution is -0.139. The van der Waals surface area contributed by atoms with Gasteiger partial charge in [-0.15, -0.1) is 0 Å². The number of ether oxygens (including phenoxy) is 4. The van der Waals surface area contributed by atoms with Crippen molar-refractivity contribution in [2.24, 2.45) is 4.99 Å². The van der Waals surface area contributed by atoms with E-state index in [-0.39, 0.29) is 19.0 Å². The highest BCUT2D eigenvalue weighted by Crippen LogP contribution is 2.39. The topological polar surface area (TPSA) is 88.4 Å². The number of esters is 1. The highest BCUT2D eigenvalue weighted by Gasteiger charge is 2.35. The lowest BCUT2D eigenvalue weighted by atomic mass is 9.94. The fourth-order valence-electron chi connectivity index (χ4n) is 4.48. The molecule has 0 aliphatic carbocycles. The van der Waals surface area contributed by atoms with Gasteiger partial charge in [-0.05, 0) is 55.3 Å². The Labute approximate surface area is 222 Å². The molecule has 0 spiro atoms. The van der Waals surface area contributed by atoms with Gasteiger partial charge in [0, 0.05) is 10.6 Å². The summed E-state index contributed by atoms with van der Waals surface area (Å²) >= 11 is 7.46. The molecule has 0 N–H and O–H groups in total. The number of halogens is 1. The number of nitrogens with zero attached hydrogens (tertiary/aromatic N) is 2. The van der Waals surface area contributed by atoms with Gasteiger partial charge in [-0.3, -0.25) is 9.36 Å². The standard InChI is InChI=1S/C27H25ClN2O6S/c1-4-6-18-23(26(32)34-5-2)24(15-7-9-20-21(12-15)36-14-35-20)30-25(31)22(37-27(30)29-18)13-16-11-17(28)8-10-19(16)33-3/h7-13,24H,4-6,14H2,1-3H3/b22-13-/t24-/m1/s1. The minimum atomic E-state index is -0.741. The smallest absolute Gasteiger partial charge is 0.338 e. The second-order valence-corrected chi connectivity index (χ2v) is 9.86. The molecular formula is C27H25ClN2O6S. The third kappa shape index (κ3) is 4.65. The van der Waals surface area contributed by atoms with E-state index in [1.807, 2.05) is 13.0 Å². The minimum absolute atomic E-state index is 0.116. The van der Waals surface area contributed by atoms with Crippen molar-refractivity contribution in [2.45, 2.75) is 32.7 Å². The van der Waals surface area contributed by atoms with E-state index in [2.05, 4.69) is 0 Å². The number of carbonyl (C=O) groups is 1. The van der Waals surface area contributed by atoms with Crippen LogP contribution in [0.5, 0.6) is 17.2 Å². The molecular weight excluding hydrogens is 516 g/mol. The van der Waals surface area contributed by atoms with E-state index in [0.717, 1.165) is 6.42 Å². The Hall–Kier alpha value is -3.56. The maximum absolute atomic E-state index is 13.9. The molecule has 2 aromatic carbocycles. The molecule has 1 atom stereocenters. The molecule has 8 nitrogen and oxygen atoms in total. The van der Waals surface area contributed by atoms with Crippen LogP contribution < -0.4 is 29.1 Å². The second kappa shape index (κ2) is 10.4. The zero-order chi connectivity index (χ0) is 26.1. The number of rotatable bonds is 7. The molecule has 0 saturated carbocycles. The summed E-state index contributed by atoms with van der Waals surface area (Å²) in [6, 6.07) is 9.89. The molecule has 0 fully saturated rings. The molecule has 3 heterocycles. The highest BCUT2D eigenvalue weighted by molar-refractivity contribution is 7.07. The van der Waals surface area contributed by atoms with Gasteiger partial charge in [-0.25, -0.2) is 9.79 Å². The monoisotopic (exact) mass is 540 g/mol. The zero-order valence-corrected chi connectivity index (χ0v) is 22.1. The van der Waals surface area contributed by atoms with Gasteiger partial charge in [0.2, 0.25) is 6.79 Å². The van der Waals surface area contributed by atoms with Gasteiger partial charge in [-0.1, -0.05) is 42.3 Å². The molecule has 0 unspecified atom stereocenters. The molecule has 3 aromatic rings. The summed E-state index contributed by atoms with van der Waals surface area (Å²) in [5, 5.41) is 0.521. The first kappa shape index (κ1) is 25.1. The first-order valence-corrected chi connectivity index (χ1v) is 13.1. The number of methoxy groups -OCH3 is 1. The summed E-state index contributed by atoms with van der Waals surface area (Å²) in [4.78, 5) is 32.5. The number of allylic oxidation sites excluding steroid dienone is 1. The van der Waals surface area contributed by atoms with Crippen molar-refractivity contribution in [1.82, 2.24) is 4.57 Å². The van der Waals surface area contributed by atoms with Gasteiger partial charge >= 0.3 is 5.97 Å². The molecule has 5 rings (SSSR count). The maximum atomic E-state index is 13.9. The van der Waals surface area contributed by atoms with Crippen molar-refractivity contribution in [1.29, 1.82) is 0 Å². The number of hydrogen-bond donors (Lipinski definition) is 0. The van der Waals surface area contributed by atoms with Gasteiger partial charge in [-0.2, -0.15) is 0 Å². The van der Waals surface area contributed by atoms with Gasteiger partial charge in [0.1, 0.15) is 5.75 Å². The van der Waals surface area contributed by atoms with Crippen LogP contribution in [0, 0.1) is 0 Å². The van der Waals surface area contributed by atoms with Crippen LogP contribution in [0.25, 0.3) is 6.08 Å².